The first kappa shape index (κ1) is 25.4. The van der Waals surface area contributed by atoms with Crippen molar-refractivity contribution >= 4 is 35.0 Å². The standard InChI is InChI=1S/C27H34ClN3OS/c1-2-3-4-5-6-7-8-9-27(32)30-24-14-16-25(17-15-24)33-26(20-31-19-18-29-21-31)22-10-12-23(28)13-11-22/h10-19,21,26H,2-9,20H2,1H3,(H,30,32). The number of halogens is 1. The van der Waals surface area contributed by atoms with Gasteiger partial charge in [0.2, 0.25) is 5.91 Å². The van der Waals surface area contributed by atoms with Crippen molar-refractivity contribution in [3.05, 3.63) is 77.8 Å². The Morgan fingerprint density at radius 1 is 1.00 bits per heavy atom. The molecule has 176 valence electrons. The Kier molecular flexibility index (Phi) is 10.9. The maximum atomic E-state index is 12.3. The summed E-state index contributed by atoms with van der Waals surface area (Å²) < 4.78 is 2.09. The molecule has 0 bridgehead atoms. The van der Waals surface area contributed by atoms with Gasteiger partial charge >= 0.3 is 0 Å². The van der Waals surface area contributed by atoms with E-state index >= 15 is 0 Å². The summed E-state index contributed by atoms with van der Waals surface area (Å²) in [5.41, 5.74) is 2.06. The predicted molar refractivity (Wildman–Crippen MR) is 140 cm³/mol. The van der Waals surface area contributed by atoms with Crippen molar-refractivity contribution in [2.24, 2.45) is 0 Å². The largest absolute Gasteiger partial charge is 0.336 e. The van der Waals surface area contributed by atoms with Gasteiger partial charge in [-0.3, -0.25) is 4.79 Å². The molecule has 0 saturated carbocycles. The Hall–Kier alpha value is -2.24. The molecule has 0 radical (unpaired) electrons. The fraction of sp³-hybridized carbons (Fsp3) is 0.407. The second-order valence-electron chi connectivity index (χ2n) is 8.36. The van der Waals surface area contributed by atoms with Crippen LogP contribution in [0.4, 0.5) is 5.69 Å². The molecule has 3 rings (SSSR count). The first-order valence-electron chi connectivity index (χ1n) is 11.9. The summed E-state index contributed by atoms with van der Waals surface area (Å²) in [6.45, 7) is 3.04. The molecule has 1 N–H and O–H groups in total. The molecule has 1 amide bonds. The number of rotatable bonds is 14. The van der Waals surface area contributed by atoms with E-state index in [1.54, 1.807) is 18.0 Å². The Morgan fingerprint density at radius 3 is 2.36 bits per heavy atom. The van der Waals surface area contributed by atoms with Gasteiger partial charge in [-0.25, -0.2) is 4.98 Å². The lowest BCUT2D eigenvalue weighted by Crippen LogP contribution is -2.11. The third-order valence-corrected chi connectivity index (χ3v) is 7.10. The lowest BCUT2D eigenvalue weighted by atomic mass is 10.1. The van der Waals surface area contributed by atoms with Crippen molar-refractivity contribution in [2.45, 2.75) is 75.0 Å². The third kappa shape index (κ3) is 9.26. The van der Waals surface area contributed by atoms with Crippen LogP contribution < -0.4 is 5.32 Å². The van der Waals surface area contributed by atoms with Crippen LogP contribution in [0.1, 0.15) is 69.1 Å². The number of hydrogen-bond donors (Lipinski definition) is 1. The van der Waals surface area contributed by atoms with Gasteiger partial charge in [0.1, 0.15) is 0 Å². The Bertz CT molecular complexity index is 943. The number of imidazole rings is 1. The number of thioether (sulfide) groups is 1. The van der Waals surface area contributed by atoms with Gasteiger partial charge in [0.05, 0.1) is 11.6 Å². The number of hydrogen-bond acceptors (Lipinski definition) is 3. The summed E-state index contributed by atoms with van der Waals surface area (Å²) in [6.07, 6.45) is 14.7. The third-order valence-electron chi connectivity index (χ3n) is 5.60. The van der Waals surface area contributed by atoms with Gasteiger partial charge in [-0.2, -0.15) is 0 Å². The summed E-state index contributed by atoms with van der Waals surface area (Å²) in [6, 6.07) is 16.1. The fourth-order valence-electron chi connectivity index (χ4n) is 3.72. The van der Waals surface area contributed by atoms with E-state index in [-0.39, 0.29) is 11.2 Å². The molecule has 2 aromatic carbocycles. The lowest BCUT2D eigenvalue weighted by molar-refractivity contribution is -0.116. The average Bonchev–Trinajstić information content (AvgIpc) is 3.33. The van der Waals surface area contributed by atoms with E-state index < -0.39 is 0 Å². The topological polar surface area (TPSA) is 46.9 Å². The van der Waals surface area contributed by atoms with Crippen LogP contribution in [0.25, 0.3) is 0 Å². The zero-order valence-electron chi connectivity index (χ0n) is 19.4. The minimum absolute atomic E-state index is 0.100. The molecule has 0 saturated heterocycles. The van der Waals surface area contributed by atoms with Crippen molar-refractivity contribution in [3.8, 4) is 0 Å². The molecule has 1 atom stereocenters. The number of amides is 1. The summed E-state index contributed by atoms with van der Waals surface area (Å²) >= 11 is 7.88. The molecule has 1 unspecified atom stereocenters. The highest BCUT2D eigenvalue weighted by atomic mass is 35.5. The first-order chi connectivity index (χ1) is 16.1. The predicted octanol–water partition coefficient (Wildman–Crippen LogP) is 8.15. The van der Waals surface area contributed by atoms with Gasteiger partial charge in [-0.15, -0.1) is 11.8 Å². The quantitative estimate of drug-likeness (QED) is 0.186. The summed E-state index contributed by atoms with van der Waals surface area (Å²) in [7, 11) is 0. The summed E-state index contributed by atoms with van der Waals surface area (Å²) in [4.78, 5) is 17.6. The zero-order valence-corrected chi connectivity index (χ0v) is 21.0. The van der Waals surface area contributed by atoms with Crippen LogP contribution in [-0.2, 0) is 11.3 Å². The van der Waals surface area contributed by atoms with Gasteiger partial charge in [0.25, 0.3) is 0 Å². The second kappa shape index (κ2) is 14.1. The van der Waals surface area contributed by atoms with Crippen LogP contribution >= 0.6 is 23.4 Å². The maximum absolute atomic E-state index is 12.3. The monoisotopic (exact) mass is 483 g/mol. The first-order valence-corrected chi connectivity index (χ1v) is 13.2. The zero-order chi connectivity index (χ0) is 23.3. The van der Waals surface area contributed by atoms with E-state index in [4.69, 9.17) is 11.6 Å². The Morgan fingerprint density at radius 2 is 1.70 bits per heavy atom. The molecule has 0 aliphatic rings. The van der Waals surface area contributed by atoms with Crippen LogP contribution in [0.15, 0.2) is 72.1 Å². The van der Waals surface area contributed by atoms with Crippen LogP contribution in [-0.4, -0.2) is 15.5 Å². The van der Waals surface area contributed by atoms with Crippen molar-refractivity contribution in [1.29, 1.82) is 0 Å². The number of carbonyl (C=O) groups excluding carboxylic acids is 1. The van der Waals surface area contributed by atoms with Crippen LogP contribution in [0.5, 0.6) is 0 Å². The van der Waals surface area contributed by atoms with E-state index in [1.807, 2.05) is 36.8 Å². The van der Waals surface area contributed by atoms with Crippen LogP contribution in [0, 0.1) is 0 Å². The normalized spacial score (nSPS) is 11.9. The SMILES string of the molecule is CCCCCCCCCC(=O)Nc1ccc(SC(Cn2ccnc2)c2ccc(Cl)cc2)cc1. The Balaban J connectivity index is 1.50. The number of anilines is 1. The summed E-state index contributed by atoms with van der Waals surface area (Å²) in [5.74, 6) is 0.100. The van der Waals surface area contributed by atoms with Crippen molar-refractivity contribution < 1.29 is 4.79 Å². The molecule has 0 aliphatic carbocycles. The highest BCUT2D eigenvalue weighted by Crippen LogP contribution is 2.37. The van der Waals surface area contributed by atoms with E-state index in [9.17, 15) is 4.79 Å². The van der Waals surface area contributed by atoms with E-state index in [0.717, 1.165) is 35.0 Å². The average molecular weight is 484 g/mol. The van der Waals surface area contributed by atoms with Crippen LogP contribution in [0.3, 0.4) is 0 Å². The van der Waals surface area contributed by atoms with Crippen molar-refractivity contribution in [3.63, 3.8) is 0 Å². The smallest absolute Gasteiger partial charge is 0.224 e. The molecule has 6 heteroatoms. The molecular weight excluding hydrogens is 450 g/mol. The molecule has 0 fully saturated rings. The minimum atomic E-state index is 0.100. The van der Waals surface area contributed by atoms with Gasteiger partial charge in [0.15, 0.2) is 0 Å². The number of unbranched alkanes of at least 4 members (excludes halogenated alkanes) is 6. The number of benzene rings is 2. The fourth-order valence-corrected chi connectivity index (χ4v) is 5.01. The molecule has 4 nitrogen and oxygen atoms in total. The molecule has 0 aliphatic heterocycles. The molecule has 1 heterocycles. The molecular formula is C27H34ClN3OS. The van der Waals surface area contributed by atoms with Crippen LogP contribution in [0.2, 0.25) is 5.02 Å². The molecule has 0 spiro atoms. The summed E-state index contributed by atoms with van der Waals surface area (Å²) in [5, 5.41) is 3.99. The molecule has 3 aromatic rings. The minimum Gasteiger partial charge on any atom is -0.336 e. The van der Waals surface area contributed by atoms with Gasteiger partial charge in [0, 0.05) is 41.0 Å². The number of nitrogens with zero attached hydrogens (tertiary/aromatic N) is 2. The molecule has 1 aromatic heterocycles. The lowest BCUT2D eigenvalue weighted by Gasteiger charge is -2.18. The van der Waals surface area contributed by atoms with Gasteiger partial charge < -0.3 is 9.88 Å². The Labute approximate surface area is 207 Å². The number of carbonyl (C=O) groups is 1. The van der Waals surface area contributed by atoms with E-state index in [2.05, 4.69) is 46.1 Å². The van der Waals surface area contributed by atoms with Gasteiger partial charge in [-0.05, 0) is 48.4 Å². The number of aromatic nitrogens is 2. The second-order valence-corrected chi connectivity index (χ2v) is 10.1. The van der Waals surface area contributed by atoms with Crippen molar-refractivity contribution in [1.82, 2.24) is 9.55 Å². The highest BCUT2D eigenvalue weighted by molar-refractivity contribution is 7.99. The maximum Gasteiger partial charge on any atom is 0.224 e. The van der Waals surface area contributed by atoms with Crippen molar-refractivity contribution in [2.75, 3.05) is 5.32 Å². The van der Waals surface area contributed by atoms with Gasteiger partial charge in [-0.1, -0.05) is 69.2 Å². The highest BCUT2D eigenvalue weighted by Gasteiger charge is 2.14. The van der Waals surface area contributed by atoms with E-state index in [1.165, 1.54) is 37.7 Å². The molecule has 33 heavy (non-hydrogen) atoms. The number of nitrogens with one attached hydrogen (secondary N) is 1. The van der Waals surface area contributed by atoms with E-state index in [0.29, 0.717) is 6.42 Å².